The molecular formula is C10H10N2O5. The summed E-state index contributed by atoms with van der Waals surface area (Å²) in [5.41, 5.74) is 0.336. The number of carbonyl (C=O) groups is 1. The van der Waals surface area contributed by atoms with Gasteiger partial charge in [-0.1, -0.05) is 12.1 Å². The number of rotatable bonds is 4. The van der Waals surface area contributed by atoms with Gasteiger partial charge in [0.15, 0.2) is 6.54 Å². The highest BCUT2D eigenvalue weighted by Gasteiger charge is 2.08. The van der Waals surface area contributed by atoms with Crippen molar-refractivity contribution in [2.45, 2.75) is 6.54 Å². The van der Waals surface area contributed by atoms with Crippen molar-refractivity contribution in [2.75, 3.05) is 7.11 Å². The van der Waals surface area contributed by atoms with Gasteiger partial charge in [-0.15, -0.1) is 0 Å². The molecule has 0 unspecified atom stereocenters. The molecule has 0 saturated carbocycles. The van der Waals surface area contributed by atoms with Crippen LogP contribution in [-0.4, -0.2) is 29.0 Å². The summed E-state index contributed by atoms with van der Waals surface area (Å²) in [6, 6.07) is 5.63. The number of hydrogen-bond acceptors (Lipinski definition) is 5. The Bertz CT molecular complexity index is 470. The minimum atomic E-state index is -0.773. The lowest BCUT2D eigenvalue weighted by molar-refractivity contribution is -0.469. The number of nitro benzene ring substituents is 1. The first-order valence-electron chi connectivity index (χ1n) is 4.63. The van der Waals surface area contributed by atoms with Crippen molar-refractivity contribution in [1.82, 2.24) is 0 Å². The van der Waals surface area contributed by atoms with E-state index >= 15 is 0 Å². The zero-order chi connectivity index (χ0) is 12.8. The number of non-ortho nitro benzene ring substituents is 1. The van der Waals surface area contributed by atoms with E-state index in [0.29, 0.717) is 10.3 Å². The SMILES string of the molecule is COC(=O)/C=[N+](/[O-])Cc1cccc([N+](=O)[O-])c1. The summed E-state index contributed by atoms with van der Waals surface area (Å²) in [6.45, 7) is -0.156. The Hall–Kier alpha value is -2.44. The molecule has 0 radical (unpaired) electrons. The average Bonchev–Trinajstić information content (AvgIpc) is 2.28. The van der Waals surface area contributed by atoms with Gasteiger partial charge in [-0.05, 0) is 0 Å². The summed E-state index contributed by atoms with van der Waals surface area (Å²) < 4.78 is 4.63. The zero-order valence-electron chi connectivity index (χ0n) is 9.03. The number of esters is 1. The first-order chi connectivity index (χ1) is 8.02. The molecule has 0 saturated heterocycles. The van der Waals surface area contributed by atoms with Crippen molar-refractivity contribution in [3.8, 4) is 0 Å². The van der Waals surface area contributed by atoms with E-state index in [4.69, 9.17) is 0 Å². The maximum absolute atomic E-state index is 11.3. The van der Waals surface area contributed by atoms with E-state index in [0.717, 1.165) is 13.3 Å². The first-order valence-corrected chi connectivity index (χ1v) is 4.63. The number of methoxy groups -OCH3 is 1. The van der Waals surface area contributed by atoms with Crippen LogP contribution in [0.4, 0.5) is 5.69 Å². The van der Waals surface area contributed by atoms with Gasteiger partial charge in [0.05, 0.1) is 12.0 Å². The number of carbonyl (C=O) groups excluding carboxylic acids is 1. The Kier molecular flexibility index (Phi) is 4.15. The van der Waals surface area contributed by atoms with Crippen molar-refractivity contribution < 1.29 is 19.2 Å². The van der Waals surface area contributed by atoms with Crippen LogP contribution in [0, 0.1) is 15.3 Å². The first kappa shape index (κ1) is 12.6. The molecule has 1 rings (SSSR count). The maximum Gasteiger partial charge on any atom is 0.396 e. The van der Waals surface area contributed by atoms with Crippen LogP contribution in [0.2, 0.25) is 0 Å². The van der Waals surface area contributed by atoms with Gasteiger partial charge in [-0.2, -0.15) is 0 Å². The Morgan fingerprint density at radius 3 is 2.76 bits per heavy atom. The van der Waals surface area contributed by atoms with Crippen molar-refractivity contribution >= 4 is 17.9 Å². The molecule has 17 heavy (non-hydrogen) atoms. The minimum absolute atomic E-state index is 0.103. The van der Waals surface area contributed by atoms with Crippen LogP contribution in [0.15, 0.2) is 24.3 Å². The standard InChI is InChI=1S/C10H10N2O5/c1-17-10(13)7-11(14)6-8-3-2-4-9(5-8)12(15)16/h2-5,7H,6H2,1H3/b11-7+. The van der Waals surface area contributed by atoms with E-state index < -0.39 is 10.9 Å². The molecule has 7 heteroatoms. The van der Waals surface area contributed by atoms with Gasteiger partial charge in [0.2, 0.25) is 0 Å². The predicted octanol–water partition coefficient (Wildman–Crippen LogP) is 0.849. The van der Waals surface area contributed by atoms with Crippen LogP contribution < -0.4 is 0 Å². The molecule has 0 aliphatic heterocycles. The Morgan fingerprint density at radius 1 is 1.47 bits per heavy atom. The summed E-state index contributed by atoms with van der Waals surface area (Å²) in [7, 11) is 1.15. The topological polar surface area (TPSA) is 95.5 Å². The number of nitrogens with zero attached hydrogens (tertiary/aromatic N) is 2. The van der Waals surface area contributed by atoms with E-state index in [1.54, 1.807) is 6.07 Å². The van der Waals surface area contributed by atoms with Crippen LogP contribution in [0.3, 0.4) is 0 Å². The van der Waals surface area contributed by atoms with Crippen molar-refractivity contribution in [3.63, 3.8) is 0 Å². The highest BCUT2D eigenvalue weighted by molar-refractivity contribution is 6.20. The molecule has 0 aliphatic carbocycles. The molecule has 0 fully saturated rings. The highest BCUT2D eigenvalue weighted by Crippen LogP contribution is 2.13. The van der Waals surface area contributed by atoms with Gasteiger partial charge in [-0.3, -0.25) is 10.1 Å². The summed E-state index contributed by atoms with van der Waals surface area (Å²) in [6.07, 6.45) is 0.735. The molecule has 90 valence electrons. The average molecular weight is 238 g/mol. The van der Waals surface area contributed by atoms with Crippen LogP contribution in [0.25, 0.3) is 0 Å². The summed E-state index contributed by atoms with van der Waals surface area (Å²) in [4.78, 5) is 20.7. The fourth-order valence-electron chi connectivity index (χ4n) is 1.16. The van der Waals surface area contributed by atoms with E-state index in [1.807, 2.05) is 0 Å². The third-order valence-electron chi connectivity index (χ3n) is 1.91. The Morgan fingerprint density at radius 2 is 2.18 bits per heavy atom. The molecule has 0 heterocycles. The summed E-state index contributed by atoms with van der Waals surface area (Å²) in [5, 5.41) is 21.7. The van der Waals surface area contributed by atoms with Crippen molar-refractivity contribution in [2.24, 2.45) is 0 Å². The van der Waals surface area contributed by atoms with Gasteiger partial charge < -0.3 is 9.94 Å². The Labute approximate surface area is 96.7 Å². The molecule has 0 aliphatic rings. The van der Waals surface area contributed by atoms with E-state index in [2.05, 4.69) is 4.74 Å². The smallest absolute Gasteiger partial charge is 0.396 e. The van der Waals surface area contributed by atoms with Gasteiger partial charge in [-0.25, -0.2) is 9.53 Å². The third kappa shape index (κ3) is 3.90. The second-order valence-electron chi connectivity index (χ2n) is 3.15. The van der Waals surface area contributed by atoms with Crippen molar-refractivity contribution in [3.05, 3.63) is 45.2 Å². The predicted molar refractivity (Wildman–Crippen MR) is 58.5 cm³/mol. The van der Waals surface area contributed by atoms with Crippen LogP contribution in [0.5, 0.6) is 0 Å². The van der Waals surface area contributed by atoms with Crippen LogP contribution >= 0.6 is 0 Å². The summed E-state index contributed by atoms with van der Waals surface area (Å²) in [5.74, 6) is -0.773. The van der Waals surface area contributed by atoms with Gasteiger partial charge in [0.1, 0.15) is 0 Å². The van der Waals surface area contributed by atoms with E-state index in [-0.39, 0.29) is 12.2 Å². The lowest BCUT2D eigenvalue weighted by Gasteiger charge is -2.03. The highest BCUT2D eigenvalue weighted by atomic mass is 16.6. The molecule has 1 aromatic rings. The quantitative estimate of drug-likeness (QED) is 0.193. The van der Waals surface area contributed by atoms with E-state index in [1.165, 1.54) is 18.2 Å². The van der Waals surface area contributed by atoms with Crippen LogP contribution in [0.1, 0.15) is 5.56 Å². The van der Waals surface area contributed by atoms with E-state index in [9.17, 15) is 20.1 Å². The molecule has 0 atom stereocenters. The molecule has 0 N–H and O–H groups in total. The number of hydrogen-bond donors (Lipinski definition) is 0. The second kappa shape index (κ2) is 5.59. The lowest BCUT2D eigenvalue weighted by Crippen LogP contribution is -2.13. The van der Waals surface area contributed by atoms with Gasteiger partial charge in [0, 0.05) is 17.7 Å². The normalized spacial score (nSPS) is 11.0. The maximum atomic E-state index is 11.3. The lowest BCUT2D eigenvalue weighted by atomic mass is 10.2. The second-order valence-corrected chi connectivity index (χ2v) is 3.15. The van der Waals surface area contributed by atoms with Gasteiger partial charge in [0.25, 0.3) is 11.9 Å². The molecule has 0 aromatic heterocycles. The molecule has 0 amide bonds. The van der Waals surface area contributed by atoms with Crippen molar-refractivity contribution in [1.29, 1.82) is 0 Å². The number of benzene rings is 1. The monoisotopic (exact) mass is 238 g/mol. The number of nitro groups is 1. The molecular weight excluding hydrogens is 228 g/mol. The molecule has 7 nitrogen and oxygen atoms in total. The number of hydroxylamine groups is 1. The fraction of sp³-hybridized carbons (Fsp3) is 0.200. The molecule has 0 spiro atoms. The molecule has 1 aromatic carbocycles. The fourth-order valence-corrected chi connectivity index (χ4v) is 1.16. The minimum Gasteiger partial charge on any atom is -0.623 e. The van der Waals surface area contributed by atoms with Gasteiger partial charge >= 0.3 is 5.97 Å². The summed E-state index contributed by atoms with van der Waals surface area (Å²) >= 11 is 0. The zero-order valence-corrected chi connectivity index (χ0v) is 9.03. The molecule has 0 bridgehead atoms. The third-order valence-corrected chi connectivity index (χ3v) is 1.91. The number of ether oxygens (including phenoxy) is 1. The van der Waals surface area contributed by atoms with Crippen LogP contribution in [-0.2, 0) is 16.1 Å². The Balaban J connectivity index is 2.81. The largest absolute Gasteiger partial charge is 0.623 e.